The Hall–Kier alpha value is -1.06. The molecule has 0 unspecified atom stereocenters. The monoisotopic (exact) mass is 261 g/mol. The summed E-state index contributed by atoms with van der Waals surface area (Å²) in [5.41, 5.74) is 1.26. The van der Waals surface area contributed by atoms with Crippen LogP contribution in [0.25, 0.3) is 0 Å². The van der Waals surface area contributed by atoms with E-state index in [1.54, 1.807) is 0 Å². The lowest BCUT2D eigenvalue weighted by molar-refractivity contribution is 0.405. The van der Waals surface area contributed by atoms with Crippen molar-refractivity contribution in [2.24, 2.45) is 5.92 Å². The summed E-state index contributed by atoms with van der Waals surface area (Å²) in [5.74, 6) is 0.448. The Morgan fingerprint density at radius 2 is 1.82 bits per heavy atom. The van der Waals surface area contributed by atoms with Crippen LogP contribution < -0.4 is 0 Å². The van der Waals surface area contributed by atoms with Gasteiger partial charge in [-0.15, -0.1) is 12.6 Å². The molecule has 0 heterocycles. The van der Waals surface area contributed by atoms with Gasteiger partial charge in [0.2, 0.25) is 0 Å². The van der Waals surface area contributed by atoms with Gasteiger partial charge in [0, 0.05) is 19.0 Å². The molecule has 1 nitrogen and oxygen atoms in total. The molecule has 0 radical (unpaired) electrons. The maximum atomic E-state index is 5.19. The van der Waals surface area contributed by atoms with Gasteiger partial charge in [0.05, 0.1) is 0 Å². The van der Waals surface area contributed by atoms with Crippen LogP contribution in [-0.2, 0) is 6.54 Å². The molecule has 0 bridgehead atoms. The Balaban J connectivity index is 2.00. The third-order valence-corrected chi connectivity index (χ3v) is 3.29. The molecule has 88 valence electrons. The van der Waals surface area contributed by atoms with Gasteiger partial charge < -0.3 is 4.90 Å². The Bertz CT molecular complexity index is 425. The van der Waals surface area contributed by atoms with Crippen LogP contribution in [0, 0.1) is 5.92 Å². The van der Waals surface area contributed by atoms with Crippen molar-refractivity contribution in [3.8, 4) is 0 Å². The second-order valence-electron chi connectivity index (χ2n) is 4.08. The van der Waals surface area contributed by atoms with Gasteiger partial charge in [-0.2, -0.15) is 0 Å². The first-order chi connectivity index (χ1) is 8.25. The van der Waals surface area contributed by atoms with Gasteiger partial charge >= 0.3 is 0 Å². The zero-order valence-corrected chi connectivity index (χ0v) is 11.2. The second-order valence-corrected chi connectivity index (χ2v) is 5.20. The van der Waals surface area contributed by atoms with Gasteiger partial charge in [0.1, 0.15) is 4.32 Å². The number of allylic oxidation sites excluding steroid dienone is 2. The van der Waals surface area contributed by atoms with Crippen molar-refractivity contribution in [2.45, 2.75) is 6.54 Å². The molecule has 2 rings (SSSR count). The predicted molar refractivity (Wildman–Crippen MR) is 80.2 cm³/mol. The van der Waals surface area contributed by atoms with E-state index >= 15 is 0 Å². The maximum Gasteiger partial charge on any atom is 0.133 e. The van der Waals surface area contributed by atoms with Crippen molar-refractivity contribution < 1.29 is 0 Å². The van der Waals surface area contributed by atoms with E-state index in [2.05, 4.69) is 54.0 Å². The van der Waals surface area contributed by atoms with Gasteiger partial charge in [-0.1, -0.05) is 66.9 Å². The van der Waals surface area contributed by atoms with E-state index < -0.39 is 0 Å². The van der Waals surface area contributed by atoms with Crippen molar-refractivity contribution in [3.63, 3.8) is 0 Å². The maximum absolute atomic E-state index is 5.19. The molecule has 3 heteroatoms. The Kier molecular flexibility index (Phi) is 4.40. The van der Waals surface area contributed by atoms with Crippen LogP contribution in [0.5, 0.6) is 0 Å². The number of nitrogens with zero attached hydrogens (tertiary/aromatic N) is 1. The summed E-state index contributed by atoms with van der Waals surface area (Å²) in [5, 5.41) is 0. The minimum absolute atomic E-state index is 0.448. The summed E-state index contributed by atoms with van der Waals surface area (Å²) in [4.78, 5) is 2.12. The fourth-order valence-corrected chi connectivity index (χ4v) is 2.16. The lowest BCUT2D eigenvalue weighted by Crippen LogP contribution is -2.29. The molecule has 1 aromatic carbocycles. The topological polar surface area (TPSA) is 3.24 Å². The van der Waals surface area contributed by atoms with E-state index in [1.165, 1.54) is 5.56 Å². The standard InChI is InChI=1S/C14H15NS2/c16-14(17)15(11-13-8-4-5-9-13)10-12-6-2-1-3-7-12/h1-9,13H,10-11H2,(H,16,17). The third-order valence-electron chi connectivity index (χ3n) is 2.75. The summed E-state index contributed by atoms with van der Waals surface area (Å²) < 4.78 is 0.655. The van der Waals surface area contributed by atoms with Crippen molar-refractivity contribution in [3.05, 3.63) is 60.2 Å². The molecule has 0 N–H and O–H groups in total. The number of hydrogen-bond donors (Lipinski definition) is 1. The van der Waals surface area contributed by atoms with Crippen LogP contribution in [0.1, 0.15) is 5.56 Å². The van der Waals surface area contributed by atoms with E-state index in [4.69, 9.17) is 12.2 Å². The SMILES string of the molecule is S=C(S)N(Cc1ccccc1)CC1C=CC=C1. The smallest absolute Gasteiger partial charge is 0.133 e. The fraction of sp³-hybridized carbons (Fsp3) is 0.214. The number of thiocarbonyl (C=S) groups is 1. The highest BCUT2D eigenvalue weighted by Gasteiger charge is 2.12. The van der Waals surface area contributed by atoms with Crippen molar-refractivity contribution in [2.75, 3.05) is 6.54 Å². The summed E-state index contributed by atoms with van der Waals surface area (Å²) in [6, 6.07) is 10.3. The highest BCUT2D eigenvalue weighted by atomic mass is 32.1. The van der Waals surface area contributed by atoms with Crippen molar-refractivity contribution in [1.82, 2.24) is 4.90 Å². The fourth-order valence-electron chi connectivity index (χ4n) is 1.87. The number of rotatable bonds is 4. The van der Waals surface area contributed by atoms with Crippen LogP contribution in [-0.4, -0.2) is 15.8 Å². The first kappa shape index (κ1) is 12.4. The molecule has 0 aliphatic heterocycles. The highest BCUT2D eigenvalue weighted by Crippen LogP contribution is 2.15. The minimum Gasteiger partial charge on any atom is -0.352 e. The zero-order chi connectivity index (χ0) is 12.1. The van der Waals surface area contributed by atoms with Crippen molar-refractivity contribution in [1.29, 1.82) is 0 Å². The van der Waals surface area contributed by atoms with Gasteiger partial charge in [-0.3, -0.25) is 0 Å². The van der Waals surface area contributed by atoms with Crippen LogP contribution in [0.3, 0.4) is 0 Å². The van der Waals surface area contributed by atoms with E-state index in [9.17, 15) is 0 Å². The zero-order valence-electron chi connectivity index (χ0n) is 9.49. The molecule has 17 heavy (non-hydrogen) atoms. The number of benzene rings is 1. The largest absolute Gasteiger partial charge is 0.352 e. The molecular weight excluding hydrogens is 246 g/mol. The van der Waals surface area contributed by atoms with Gasteiger partial charge in [0.25, 0.3) is 0 Å². The Labute approximate surface area is 113 Å². The average molecular weight is 261 g/mol. The van der Waals surface area contributed by atoms with Crippen LogP contribution in [0.4, 0.5) is 0 Å². The molecule has 0 spiro atoms. The quantitative estimate of drug-likeness (QED) is 0.653. The van der Waals surface area contributed by atoms with Crippen LogP contribution in [0.15, 0.2) is 54.6 Å². The molecule has 0 aromatic heterocycles. The predicted octanol–water partition coefficient (Wildman–Crippen LogP) is 3.45. The number of hydrogen-bond acceptors (Lipinski definition) is 1. The molecule has 0 saturated heterocycles. The summed E-state index contributed by atoms with van der Waals surface area (Å²) in [6.07, 6.45) is 8.52. The third kappa shape index (κ3) is 3.72. The van der Waals surface area contributed by atoms with Crippen LogP contribution >= 0.6 is 24.8 Å². The van der Waals surface area contributed by atoms with Gasteiger partial charge in [-0.25, -0.2) is 0 Å². The average Bonchev–Trinajstić information content (AvgIpc) is 2.82. The lowest BCUT2D eigenvalue weighted by Gasteiger charge is -2.24. The molecular formula is C14H15NS2. The Morgan fingerprint density at radius 1 is 1.18 bits per heavy atom. The normalized spacial score (nSPS) is 14.2. The summed E-state index contributed by atoms with van der Waals surface area (Å²) in [7, 11) is 0. The van der Waals surface area contributed by atoms with E-state index in [1.807, 2.05) is 18.2 Å². The van der Waals surface area contributed by atoms with E-state index in [-0.39, 0.29) is 0 Å². The summed E-state index contributed by atoms with van der Waals surface area (Å²) >= 11 is 9.50. The van der Waals surface area contributed by atoms with Crippen LogP contribution in [0.2, 0.25) is 0 Å². The van der Waals surface area contributed by atoms with Gasteiger partial charge in [-0.05, 0) is 5.56 Å². The molecule has 0 atom stereocenters. The molecule has 1 aliphatic rings. The Morgan fingerprint density at radius 3 is 2.41 bits per heavy atom. The molecule has 0 amide bonds. The van der Waals surface area contributed by atoms with E-state index in [0.717, 1.165) is 13.1 Å². The second kappa shape index (κ2) is 6.03. The molecule has 1 aliphatic carbocycles. The first-order valence-corrected chi connectivity index (χ1v) is 6.48. The highest BCUT2D eigenvalue weighted by molar-refractivity contribution is 8.10. The first-order valence-electron chi connectivity index (χ1n) is 5.62. The number of thiol groups is 1. The lowest BCUT2D eigenvalue weighted by atomic mass is 10.1. The van der Waals surface area contributed by atoms with Gasteiger partial charge in [0.15, 0.2) is 0 Å². The molecule has 0 saturated carbocycles. The molecule has 0 fully saturated rings. The minimum atomic E-state index is 0.448. The molecule has 1 aromatic rings. The summed E-state index contributed by atoms with van der Waals surface area (Å²) in [6.45, 7) is 1.71. The van der Waals surface area contributed by atoms with Crippen molar-refractivity contribution >= 4 is 29.2 Å². The van der Waals surface area contributed by atoms with E-state index in [0.29, 0.717) is 10.2 Å².